The van der Waals surface area contributed by atoms with E-state index in [1.54, 1.807) is 14.2 Å². The normalized spacial score (nSPS) is 12.1. The second-order valence-electron chi connectivity index (χ2n) is 4.18. The van der Waals surface area contributed by atoms with Gasteiger partial charge in [0.05, 0.1) is 14.2 Å². The first kappa shape index (κ1) is 15.8. The Morgan fingerprint density at radius 3 is 2.47 bits per heavy atom. The third-order valence-electron chi connectivity index (χ3n) is 2.93. The molecule has 1 atom stereocenters. The van der Waals surface area contributed by atoms with Gasteiger partial charge in [-0.1, -0.05) is 15.9 Å². The van der Waals surface area contributed by atoms with Crippen molar-refractivity contribution in [2.45, 2.75) is 25.8 Å². The third-order valence-corrected chi connectivity index (χ3v) is 3.75. The molecule has 0 heterocycles. The van der Waals surface area contributed by atoms with Crippen LogP contribution in [0.3, 0.4) is 0 Å². The van der Waals surface area contributed by atoms with Crippen LogP contribution in [0.4, 0.5) is 0 Å². The molecule has 0 fully saturated rings. The fourth-order valence-electron chi connectivity index (χ4n) is 1.89. The molecule has 3 N–H and O–H groups in total. The van der Waals surface area contributed by atoms with Crippen molar-refractivity contribution in [1.82, 2.24) is 0 Å². The SMILES string of the molecule is COc1c(C(N)CCC(=O)O)cc(Br)c(C)c1OC. The van der Waals surface area contributed by atoms with Crippen LogP contribution in [0.25, 0.3) is 0 Å². The van der Waals surface area contributed by atoms with Crippen molar-refractivity contribution in [2.24, 2.45) is 5.73 Å². The predicted octanol–water partition coefficient (Wildman–Crippen LogP) is 2.64. The number of nitrogens with two attached hydrogens (primary N) is 1. The molecule has 19 heavy (non-hydrogen) atoms. The Bertz CT molecular complexity index is 476. The lowest BCUT2D eigenvalue weighted by Gasteiger charge is -2.20. The molecular weight excluding hydrogens is 314 g/mol. The summed E-state index contributed by atoms with van der Waals surface area (Å²) in [6.07, 6.45) is 0.350. The van der Waals surface area contributed by atoms with Gasteiger partial charge in [-0.2, -0.15) is 0 Å². The van der Waals surface area contributed by atoms with Crippen molar-refractivity contribution in [3.63, 3.8) is 0 Å². The lowest BCUT2D eigenvalue weighted by atomic mass is 9.99. The number of halogens is 1. The van der Waals surface area contributed by atoms with E-state index in [0.717, 1.165) is 15.6 Å². The summed E-state index contributed by atoms with van der Waals surface area (Å²) in [6, 6.07) is 1.43. The van der Waals surface area contributed by atoms with E-state index in [-0.39, 0.29) is 6.42 Å². The fraction of sp³-hybridized carbons (Fsp3) is 0.462. The maximum atomic E-state index is 10.6. The Kier molecular flexibility index (Phi) is 5.62. The molecule has 0 aromatic heterocycles. The summed E-state index contributed by atoms with van der Waals surface area (Å²) in [7, 11) is 3.10. The Morgan fingerprint density at radius 2 is 2.00 bits per heavy atom. The third kappa shape index (κ3) is 3.61. The molecule has 1 aromatic carbocycles. The van der Waals surface area contributed by atoms with Crippen LogP contribution in [-0.4, -0.2) is 25.3 Å². The number of methoxy groups -OCH3 is 2. The van der Waals surface area contributed by atoms with Gasteiger partial charge in [-0.15, -0.1) is 0 Å². The largest absolute Gasteiger partial charge is 0.493 e. The molecule has 1 rings (SSSR count). The summed E-state index contributed by atoms with van der Waals surface area (Å²) < 4.78 is 11.5. The van der Waals surface area contributed by atoms with Gasteiger partial charge < -0.3 is 20.3 Å². The highest BCUT2D eigenvalue weighted by atomic mass is 79.9. The number of hydrogen-bond acceptors (Lipinski definition) is 4. The molecule has 0 amide bonds. The van der Waals surface area contributed by atoms with Crippen molar-refractivity contribution in [2.75, 3.05) is 14.2 Å². The van der Waals surface area contributed by atoms with Crippen molar-refractivity contribution < 1.29 is 19.4 Å². The van der Waals surface area contributed by atoms with Gasteiger partial charge in [0.2, 0.25) is 0 Å². The Balaban J connectivity index is 3.18. The smallest absolute Gasteiger partial charge is 0.303 e. The van der Waals surface area contributed by atoms with Crippen LogP contribution in [-0.2, 0) is 4.79 Å². The summed E-state index contributed by atoms with van der Waals surface area (Å²) in [6.45, 7) is 1.90. The molecule has 0 aliphatic carbocycles. The molecule has 106 valence electrons. The number of hydrogen-bond donors (Lipinski definition) is 2. The van der Waals surface area contributed by atoms with E-state index in [0.29, 0.717) is 17.9 Å². The van der Waals surface area contributed by atoms with Crippen molar-refractivity contribution in [1.29, 1.82) is 0 Å². The maximum absolute atomic E-state index is 10.6. The van der Waals surface area contributed by atoms with E-state index < -0.39 is 12.0 Å². The van der Waals surface area contributed by atoms with Gasteiger partial charge in [0.25, 0.3) is 0 Å². The number of ether oxygens (including phenoxy) is 2. The summed E-state index contributed by atoms with van der Waals surface area (Å²) in [5, 5.41) is 8.71. The van der Waals surface area contributed by atoms with Crippen molar-refractivity contribution in [3.8, 4) is 11.5 Å². The number of aliphatic carboxylic acids is 1. The number of carbonyl (C=O) groups is 1. The second-order valence-corrected chi connectivity index (χ2v) is 5.03. The minimum absolute atomic E-state index is 0.0120. The van der Waals surface area contributed by atoms with E-state index in [1.807, 2.05) is 13.0 Å². The summed E-state index contributed by atoms with van der Waals surface area (Å²) in [5.41, 5.74) is 7.69. The Labute approximate surface area is 120 Å². The minimum Gasteiger partial charge on any atom is -0.493 e. The molecule has 0 spiro atoms. The molecule has 0 saturated heterocycles. The first-order valence-corrected chi connectivity index (χ1v) is 6.60. The minimum atomic E-state index is -0.868. The molecule has 6 heteroatoms. The van der Waals surface area contributed by atoms with Gasteiger partial charge in [-0.3, -0.25) is 4.79 Å². The summed E-state index contributed by atoms with van der Waals surface area (Å²) in [5.74, 6) is 0.297. The van der Waals surface area contributed by atoms with E-state index in [2.05, 4.69) is 15.9 Å². The lowest BCUT2D eigenvalue weighted by molar-refractivity contribution is -0.137. The zero-order chi connectivity index (χ0) is 14.6. The molecule has 0 aliphatic heterocycles. The first-order valence-electron chi connectivity index (χ1n) is 5.80. The van der Waals surface area contributed by atoms with Gasteiger partial charge >= 0.3 is 5.97 Å². The number of carboxylic acids is 1. The van der Waals surface area contributed by atoms with Crippen LogP contribution >= 0.6 is 15.9 Å². The molecule has 0 aliphatic rings. The van der Waals surface area contributed by atoms with E-state index >= 15 is 0 Å². The maximum Gasteiger partial charge on any atom is 0.303 e. The molecule has 0 radical (unpaired) electrons. The van der Waals surface area contributed by atoms with Crippen LogP contribution in [0.2, 0.25) is 0 Å². The highest BCUT2D eigenvalue weighted by molar-refractivity contribution is 9.10. The average molecular weight is 332 g/mol. The second kappa shape index (κ2) is 6.77. The molecule has 0 saturated carbocycles. The van der Waals surface area contributed by atoms with Crippen LogP contribution in [0.1, 0.15) is 30.0 Å². The monoisotopic (exact) mass is 331 g/mol. The van der Waals surface area contributed by atoms with Crippen LogP contribution < -0.4 is 15.2 Å². The fourth-order valence-corrected chi connectivity index (χ4v) is 2.31. The number of carboxylic acid groups (broad SMARTS) is 1. The zero-order valence-corrected chi connectivity index (χ0v) is 12.8. The highest BCUT2D eigenvalue weighted by Gasteiger charge is 2.20. The van der Waals surface area contributed by atoms with Crippen LogP contribution in [0, 0.1) is 6.92 Å². The summed E-state index contributed by atoms with van der Waals surface area (Å²) >= 11 is 3.44. The summed E-state index contributed by atoms with van der Waals surface area (Å²) in [4.78, 5) is 10.6. The van der Waals surface area contributed by atoms with Gasteiger partial charge in [-0.25, -0.2) is 0 Å². The standard InChI is InChI=1S/C13H18BrNO4/c1-7-9(14)6-8(10(15)4-5-11(16)17)13(19-3)12(7)18-2/h6,10H,4-5,15H2,1-3H3,(H,16,17). The molecular formula is C13H18BrNO4. The van der Waals surface area contributed by atoms with Crippen molar-refractivity contribution >= 4 is 21.9 Å². The average Bonchev–Trinajstić information content (AvgIpc) is 2.38. The van der Waals surface area contributed by atoms with E-state index in [1.165, 1.54) is 0 Å². The Morgan fingerprint density at radius 1 is 1.42 bits per heavy atom. The van der Waals surface area contributed by atoms with Gasteiger partial charge in [-0.05, 0) is 19.4 Å². The van der Waals surface area contributed by atoms with Gasteiger partial charge in [0.15, 0.2) is 11.5 Å². The van der Waals surface area contributed by atoms with Gasteiger partial charge in [0, 0.05) is 28.1 Å². The molecule has 0 bridgehead atoms. The van der Waals surface area contributed by atoms with Crippen molar-refractivity contribution in [3.05, 3.63) is 21.7 Å². The first-order chi connectivity index (χ1) is 8.92. The molecule has 1 aromatic rings. The number of benzene rings is 1. The predicted molar refractivity (Wildman–Crippen MR) is 75.8 cm³/mol. The topological polar surface area (TPSA) is 81.8 Å². The molecule has 1 unspecified atom stereocenters. The van der Waals surface area contributed by atoms with E-state index in [9.17, 15) is 4.79 Å². The van der Waals surface area contributed by atoms with E-state index in [4.69, 9.17) is 20.3 Å². The zero-order valence-electron chi connectivity index (χ0n) is 11.2. The van der Waals surface area contributed by atoms with Crippen LogP contribution in [0.15, 0.2) is 10.5 Å². The Hall–Kier alpha value is -1.27. The molecule has 5 nitrogen and oxygen atoms in total. The lowest BCUT2D eigenvalue weighted by Crippen LogP contribution is -2.14. The number of rotatable bonds is 6. The van der Waals surface area contributed by atoms with Crippen LogP contribution in [0.5, 0.6) is 11.5 Å². The highest BCUT2D eigenvalue weighted by Crippen LogP contribution is 2.41. The van der Waals surface area contributed by atoms with Gasteiger partial charge in [0.1, 0.15) is 0 Å². The quantitative estimate of drug-likeness (QED) is 0.837.